The van der Waals surface area contributed by atoms with Gasteiger partial charge in [-0.25, -0.2) is 0 Å². The minimum absolute atomic E-state index is 0.211. The Bertz CT molecular complexity index is 527. The molecule has 0 spiro atoms. The average Bonchev–Trinajstić information content (AvgIpc) is 2.47. The number of anilines is 1. The second kappa shape index (κ2) is 8.31. The van der Waals surface area contributed by atoms with E-state index in [1.54, 1.807) is 0 Å². The Morgan fingerprint density at radius 2 is 1.71 bits per heavy atom. The highest BCUT2D eigenvalue weighted by molar-refractivity contribution is 6.38. The minimum Gasteiger partial charge on any atom is -0.399 e. The number of hydrogen-bond donors (Lipinski definition) is 4. The Hall–Kier alpha value is -2.90. The molecule has 0 aliphatic heterocycles. The molecule has 8 nitrogen and oxygen atoms in total. The van der Waals surface area contributed by atoms with Gasteiger partial charge in [-0.05, 0) is 30.7 Å². The van der Waals surface area contributed by atoms with Crippen LogP contribution in [0.15, 0.2) is 24.3 Å². The number of carbonyl (C=O) groups excluding carboxylic acids is 4. The summed E-state index contributed by atoms with van der Waals surface area (Å²) in [7, 11) is 0. The molecule has 1 aromatic carbocycles. The Labute approximate surface area is 121 Å². The maximum absolute atomic E-state index is 11.7. The van der Waals surface area contributed by atoms with Crippen LogP contribution in [0.25, 0.3) is 0 Å². The van der Waals surface area contributed by atoms with E-state index in [0.29, 0.717) is 25.1 Å². The molecule has 8 heteroatoms. The van der Waals surface area contributed by atoms with E-state index < -0.39 is 17.7 Å². The van der Waals surface area contributed by atoms with Gasteiger partial charge in [0, 0.05) is 24.3 Å². The van der Waals surface area contributed by atoms with Gasteiger partial charge in [0.05, 0.1) is 0 Å². The third-order valence-corrected chi connectivity index (χ3v) is 2.47. The first-order chi connectivity index (χ1) is 10.0. The fourth-order valence-electron chi connectivity index (χ4n) is 1.40. The first-order valence-electron chi connectivity index (χ1n) is 6.20. The number of amides is 4. The molecular formula is C13H16N4O4. The van der Waals surface area contributed by atoms with Crippen molar-refractivity contribution in [2.75, 3.05) is 18.8 Å². The minimum atomic E-state index is -1.04. The van der Waals surface area contributed by atoms with E-state index in [-0.39, 0.29) is 12.1 Å². The SMILES string of the molecule is Nc1ccc(C(=O)NC(=O)C(=O)NCCCNC=O)cc1. The lowest BCUT2D eigenvalue weighted by molar-refractivity contribution is -0.138. The van der Waals surface area contributed by atoms with Crippen LogP contribution in [-0.4, -0.2) is 37.2 Å². The summed E-state index contributed by atoms with van der Waals surface area (Å²) in [6.07, 6.45) is 1.02. The number of nitrogens with two attached hydrogens (primary N) is 1. The first kappa shape index (κ1) is 16.2. The van der Waals surface area contributed by atoms with E-state index in [4.69, 9.17) is 5.73 Å². The molecule has 0 heterocycles. The third kappa shape index (κ3) is 5.72. The van der Waals surface area contributed by atoms with E-state index in [2.05, 4.69) is 10.6 Å². The molecule has 1 rings (SSSR count). The lowest BCUT2D eigenvalue weighted by Crippen LogP contribution is -2.43. The number of rotatable bonds is 6. The maximum atomic E-state index is 11.7. The van der Waals surface area contributed by atoms with Crippen molar-refractivity contribution in [1.29, 1.82) is 0 Å². The van der Waals surface area contributed by atoms with Crippen molar-refractivity contribution in [3.05, 3.63) is 29.8 Å². The molecule has 1 aromatic rings. The van der Waals surface area contributed by atoms with Crippen molar-refractivity contribution >= 4 is 29.8 Å². The molecule has 0 radical (unpaired) electrons. The smallest absolute Gasteiger partial charge is 0.316 e. The summed E-state index contributed by atoms with van der Waals surface area (Å²) in [5, 5.41) is 6.71. The van der Waals surface area contributed by atoms with Crippen molar-refractivity contribution in [2.45, 2.75) is 6.42 Å². The van der Waals surface area contributed by atoms with Crippen molar-refractivity contribution in [1.82, 2.24) is 16.0 Å². The molecule has 21 heavy (non-hydrogen) atoms. The lowest BCUT2D eigenvalue weighted by atomic mass is 10.2. The molecule has 0 aliphatic rings. The molecular weight excluding hydrogens is 276 g/mol. The predicted octanol–water partition coefficient (Wildman–Crippen LogP) is -1.22. The highest BCUT2D eigenvalue weighted by atomic mass is 16.2. The second-order valence-corrected chi connectivity index (χ2v) is 4.09. The summed E-state index contributed by atoms with van der Waals surface area (Å²) < 4.78 is 0. The summed E-state index contributed by atoms with van der Waals surface area (Å²) in [6.45, 7) is 0.596. The van der Waals surface area contributed by atoms with Crippen LogP contribution >= 0.6 is 0 Å². The highest BCUT2D eigenvalue weighted by Crippen LogP contribution is 2.04. The van der Waals surface area contributed by atoms with Crippen molar-refractivity contribution < 1.29 is 19.2 Å². The van der Waals surface area contributed by atoms with E-state index in [9.17, 15) is 19.2 Å². The van der Waals surface area contributed by atoms with Crippen LogP contribution < -0.4 is 21.7 Å². The number of benzene rings is 1. The molecule has 0 atom stereocenters. The normalized spacial score (nSPS) is 9.52. The van der Waals surface area contributed by atoms with Crippen LogP contribution in [-0.2, 0) is 14.4 Å². The summed E-state index contributed by atoms with van der Waals surface area (Å²) in [4.78, 5) is 44.5. The summed E-state index contributed by atoms with van der Waals surface area (Å²) in [5.41, 5.74) is 6.18. The van der Waals surface area contributed by atoms with E-state index in [1.807, 2.05) is 5.32 Å². The zero-order valence-electron chi connectivity index (χ0n) is 11.2. The predicted molar refractivity (Wildman–Crippen MR) is 75.0 cm³/mol. The van der Waals surface area contributed by atoms with Crippen LogP contribution in [0, 0.1) is 0 Å². The summed E-state index contributed by atoms with van der Waals surface area (Å²) >= 11 is 0. The van der Waals surface area contributed by atoms with E-state index in [1.165, 1.54) is 24.3 Å². The molecule has 0 fully saturated rings. The van der Waals surface area contributed by atoms with Gasteiger partial charge in [0.25, 0.3) is 5.91 Å². The van der Waals surface area contributed by atoms with Crippen LogP contribution in [0.5, 0.6) is 0 Å². The fourth-order valence-corrected chi connectivity index (χ4v) is 1.40. The average molecular weight is 292 g/mol. The Morgan fingerprint density at radius 1 is 1.05 bits per heavy atom. The fraction of sp³-hybridized carbons (Fsp3) is 0.231. The quantitative estimate of drug-likeness (QED) is 0.226. The molecule has 0 bridgehead atoms. The monoisotopic (exact) mass is 292 g/mol. The number of nitrogen functional groups attached to an aromatic ring is 1. The van der Waals surface area contributed by atoms with Gasteiger partial charge in [-0.15, -0.1) is 0 Å². The van der Waals surface area contributed by atoms with Crippen molar-refractivity contribution in [3.8, 4) is 0 Å². The molecule has 112 valence electrons. The highest BCUT2D eigenvalue weighted by Gasteiger charge is 2.17. The van der Waals surface area contributed by atoms with Gasteiger partial charge in [0.1, 0.15) is 0 Å². The summed E-state index contributed by atoms with van der Waals surface area (Å²) in [6, 6.07) is 5.92. The van der Waals surface area contributed by atoms with Crippen LogP contribution in [0.3, 0.4) is 0 Å². The van der Waals surface area contributed by atoms with Crippen LogP contribution in [0.1, 0.15) is 16.8 Å². The van der Waals surface area contributed by atoms with Crippen molar-refractivity contribution in [3.63, 3.8) is 0 Å². The van der Waals surface area contributed by atoms with E-state index >= 15 is 0 Å². The molecule has 0 unspecified atom stereocenters. The number of carbonyl (C=O) groups is 4. The van der Waals surface area contributed by atoms with Gasteiger partial charge >= 0.3 is 11.8 Å². The summed E-state index contributed by atoms with van der Waals surface area (Å²) in [5.74, 6) is -2.64. The number of imide groups is 1. The standard InChI is InChI=1S/C13H16N4O4/c14-10-4-2-9(3-5-10)11(19)17-13(21)12(20)16-7-1-6-15-8-18/h2-5,8H,1,6-7,14H2,(H,15,18)(H,16,20)(H,17,19,21). The first-order valence-corrected chi connectivity index (χ1v) is 6.20. The van der Waals surface area contributed by atoms with Crippen LogP contribution in [0.4, 0.5) is 5.69 Å². The van der Waals surface area contributed by atoms with Gasteiger partial charge in [0.2, 0.25) is 6.41 Å². The number of hydrogen-bond acceptors (Lipinski definition) is 5. The topological polar surface area (TPSA) is 130 Å². The molecule has 0 aromatic heterocycles. The Kier molecular flexibility index (Phi) is 6.39. The largest absolute Gasteiger partial charge is 0.399 e. The Morgan fingerprint density at radius 3 is 2.33 bits per heavy atom. The lowest BCUT2D eigenvalue weighted by Gasteiger charge is -2.06. The molecule has 4 amide bonds. The Balaban J connectivity index is 2.38. The van der Waals surface area contributed by atoms with E-state index in [0.717, 1.165) is 0 Å². The second-order valence-electron chi connectivity index (χ2n) is 4.09. The molecule has 0 aliphatic carbocycles. The van der Waals surface area contributed by atoms with Gasteiger partial charge < -0.3 is 16.4 Å². The zero-order chi connectivity index (χ0) is 15.7. The molecule has 5 N–H and O–H groups in total. The number of nitrogens with one attached hydrogen (secondary N) is 3. The van der Waals surface area contributed by atoms with Gasteiger partial charge in [-0.1, -0.05) is 0 Å². The van der Waals surface area contributed by atoms with Crippen LogP contribution in [0.2, 0.25) is 0 Å². The molecule has 0 saturated heterocycles. The maximum Gasteiger partial charge on any atom is 0.316 e. The molecule has 0 saturated carbocycles. The zero-order valence-corrected chi connectivity index (χ0v) is 11.2. The van der Waals surface area contributed by atoms with Gasteiger partial charge in [-0.3, -0.25) is 24.5 Å². The van der Waals surface area contributed by atoms with Gasteiger partial charge in [0.15, 0.2) is 0 Å². The van der Waals surface area contributed by atoms with Gasteiger partial charge in [-0.2, -0.15) is 0 Å². The third-order valence-electron chi connectivity index (χ3n) is 2.47. The van der Waals surface area contributed by atoms with Crippen molar-refractivity contribution in [2.24, 2.45) is 0 Å².